The van der Waals surface area contributed by atoms with E-state index in [4.69, 9.17) is 4.74 Å². The minimum atomic E-state index is -2.96. The molecule has 2 aromatic rings. The molecule has 0 saturated carbocycles. The Hall–Kier alpha value is -1.93. The molecular weight excluding hydrogens is 360 g/mol. The van der Waals surface area contributed by atoms with Crippen molar-refractivity contribution in [3.63, 3.8) is 0 Å². The first-order valence-electron chi connectivity index (χ1n) is 8.04. The van der Waals surface area contributed by atoms with Crippen molar-refractivity contribution in [1.82, 2.24) is 4.98 Å². The third-order valence-corrected chi connectivity index (χ3v) is 6.66. The molecule has 1 saturated heterocycles. The summed E-state index contributed by atoms with van der Waals surface area (Å²) in [6.07, 6.45) is 0.691. The highest BCUT2D eigenvalue weighted by Gasteiger charge is 2.29. The van der Waals surface area contributed by atoms with Crippen LogP contribution in [-0.4, -0.2) is 30.9 Å². The van der Waals surface area contributed by atoms with Gasteiger partial charge in [-0.2, -0.15) is 0 Å². The summed E-state index contributed by atoms with van der Waals surface area (Å²) in [5, 5.41) is 5.78. The summed E-state index contributed by atoms with van der Waals surface area (Å²) < 4.78 is 28.0. The molecule has 1 N–H and O–H groups in total. The van der Waals surface area contributed by atoms with Gasteiger partial charge in [0.1, 0.15) is 6.61 Å². The van der Waals surface area contributed by atoms with E-state index in [0.29, 0.717) is 12.1 Å². The van der Waals surface area contributed by atoms with Crippen LogP contribution in [0.25, 0.3) is 0 Å². The molecule has 0 radical (unpaired) electrons. The molecule has 0 spiro atoms. The minimum Gasteiger partial charge on any atom is -0.459 e. The SMILES string of the molecule is Cc1ccc(Nc2nc(COC(=O)C[C@@H]3CCS(=O)(=O)C3)cs2)cc1. The van der Waals surface area contributed by atoms with E-state index in [-0.39, 0.29) is 36.4 Å². The van der Waals surface area contributed by atoms with Gasteiger partial charge >= 0.3 is 5.97 Å². The van der Waals surface area contributed by atoms with Gasteiger partial charge in [0.25, 0.3) is 0 Å². The van der Waals surface area contributed by atoms with Crippen molar-refractivity contribution in [2.45, 2.75) is 26.4 Å². The van der Waals surface area contributed by atoms with Gasteiger partial charge in [0.2, 0.25) is 0 Å². The monoisotopic (exact) mass is 380 g/mol. The molecule has 0 unspecified atom stereocenters. The number of aryl methyl sites for hydroxylation is 1. The Bertz CT molecular complexity index is 844. The van der Waals surface area contributed by atoms with Crippen LogP contribution < -0.4 is 5.32 Å². The fourth-order valence-electron chi connectivity index (χ4n) is 2.67. The average Bonchev–Trinajstić information content (AvgIpc) is 3.14. The average molecular weight is 380 g/mol. The summed E-state index contributed by atoms with van der Waals surface area (Å²) in [5.74, 6) is -0.232. The number of sulfone groups is 1. The molecule has 1 aliphatic rings. The Morgan fingerprint density at radius 1 is 1.36 bits per heavy atom. The number of anilines is 2. The number of carbonyl (C=O) groups excluding carboxylic acids is 1. The second-order valence-electron chi connectivity index (χ2n) is 6.27. The Labute approximate surface area is 151 Å². The Kier molecular flexibility index (Phi) is 5.39. The maximum atomic E-state index is 11.9. The zero-order valence-corrected chi connectivity index (χ0v) is 15.5. The maximum absolute atomic E-state index is 11.9. The number of aromatic nitrogens is 1. The van der Waals surface area contributed by atoms with Crippen molar-refractivity contribution in [3.8, 4) is 0 Å². The molecule has 0 aliphatic carbocycles. The molecule has 0 bridgehead atoms. The molecular formula is C17H20N2O4S2. The number of hydrogen-bond acceptors (Lipinski definition) is 7. The standard InChI is InChI=1S/C17H20N2O4S2/c1-12-2-4-14(5-3-12)18-17-19-15(10-24-17)9-23-16(20)8-13-6-7-25(21,22)11-13/h2-5,10,13H,6-9,11H2,1H3,(H,18,19)/t13-/m0/s1. The zero-order valence-electron chi connectivity index (χ0n) is 13.9. The summed E-state index contributed by atoms with van der Waals surface area (Å²) in [5.41, 5.74) is 2.81. The van der Waals surface area contributed by atoms with E-state index in [0.717, 1.165) is 10.8 Å². The number of thiazole rings is 1. The second-order valence-corrected chi connectivity index (χ2v) is 9.36. The van der Waals surface area contributed by atoms with Crippen LogP contribution in [-0.2, 0) is 26.0 Å². The summed E-state index contributed by atoms with van der Waals surface area (Å²) in [6, 6.07) is 7.99. The predicted octanol–water partition coefficient (Wildman–Crippen LogP) is 3.06. The molecule has 6 nitrogen and oxygen atoms in total. The highest BCUT2D eigenvalue weighted by molar-refractivity contribution is 7.91. The van der Waals surface area contributed by atoms with Gasteiger partial charge in [-0.3, -0.25) is 4.79 Å². The van der Waals surface area contributed by atoms with Gasteiger partial charge in [-0.25, -0.2) is 13.4 Å². The van der Waals surface area contributed by atoms with E-state index in [1.54, 1.807) is 0 Å². The maximum Gasteiger partial charge on any atom is 0.306 e. The lowest BCUT2D eigenvalue weighted by Gasteiger charge is -2.07. The van der Waals surface area contributed by atoms with Crippen molar-refractivity contribution >= 4 is 38.0 Å². The van der Waals surface area contributed by atoms with Crippen LogP contribution in [0.15, 0.2) is 29.6 Å². The quantitative estimate of drug-likeness (QED) is 0.775. The van der Waals surface area contributed by atoms with E-state index in [1.807, 2.05) is 36.6 Å². The first-order valence-corrected chi connectivity index (χ1v) is 10.7. The van der Waals surface area contributed by atoms with E-state index < -0.39 is 9.84 Å². The van der Waals surface area contributed by atoms with Crippen LogP contribution in [0.3, 0.4) is 0 Å². The number of hydrogen-bond donors (Lipinski definition) is 1. The second kappa shape index (κ2) is 7.53. The van der Waals surface area contributed by atoms with Gasteiger partial charge in [-0.05, 0) is 31.4 Å². The van der Waals surface area contributed by atoms with Crippen molar-refractivity contribution in [2.75, 3.05) is 16.8 Å². The molecule has 25 heavy (non-hydrogen) atoms. The largest absolute Gasteiger partial charge is 0.459 e. The Morgan fingerprint density at radius 3 is 2.80 bits per heavy atom. The third kappa shape index (κ3) is 5.27. The number of esters is 1. The fourth-order valence-corrected chi connectivity index (χ4v) is 5.25. The van der Waals surface area contributed by atoms with Crippen LogP contribution >= 0.6 is 11.3 Å². The molecule has 2 heterocycles. The van der Waals surface area contributed by atoms with Crippen LogP contribution in [0.1, 0.15) is 24.1 Å². The fraction of sp³-hybridized carbons (Fsp3) is 0.412. The summed E-state index contributed by atoms with van der Waals surface area (Å²) in [6.45, 7) is 2.13. The van der Waals surface area contributed by atoms with Crippen molar-refractivity contribution in [1.29, 1.82) is 0 Å². The predicted molar refractivity (Wildman–Crippen MR) is 97.7 cm³/mol. The normalized spacial score (nSPS) is 18.8. The highest BCUT2D eigenvalue weighted by Crippen LogP contribution is 2.23. The Morgan fingerprint density at radius 2 is 2.12 bits per heavy atom. The van der Waals surface area contributed by atoms with Gasteiger partial charge in [0.05, 0.1) is 17.2 Å². The van der Waals surface area contributed by atoms with Crippen LogP contribution in [0.2, 0.25) is 0 Å². The lowest BCUT2D eigenvalue weighted by molar-refractivity contribution is -0.146. The highest BCUT2D eigenvalue weighted by atomic mass is 32.2. The van der Waals surface area contributed by atoms with E-state index in [1.165, 1.54) is 16.9 Å². The van der Waals surface area contributed by atoms with Gasteiger partial charge in [-0.15, -0.1) is 11.3 Å². The van der Waals surface area contributed by atoms with Gasteiger partial charge < -0.3 is 10.1 Å². The Balaban J connectivity index is 1.46. The lowest BCUT2D eigenvalue weighted by Crippen LogP contribution is -2.13. The molecule has 8 heteroatoms. The third-order valence-electron chi connectivity index (χ3n) is 4.02. The number of nitrogens with zero attached hydrogens (tertiary/aromatic N) is 1. The molecule has 134 valence electrons. The van der Waals surface area contributed by atoms with Crippen molar-refractivity contribution in [3.05, 3.63) is 40.9 Å². The van der Waals surface area contributed by atoms with Crippen molar-refractivity contribution in [2.24, 2.45) is 5.92 Å². The molecule has 3 rings (SSSR count). The smallest absolute Gasteiger partial charge is 0.306 e. The zero-order chi connectivity index (χ0) is 17.9. The van der Waals surface area contributed by atoms with Gasteiger partial charge in [0.15, 0.2) is 15.0 Å². The molecule has 0 amide bonds. The minimum absolute atomic E-state index is 0.0867. The van der Waals surface area contributed by atoms with Crippen LogP contribution in [0, 0.1) is 12.8 Å². The molecule has 1 fully saturated rings. The van der Waals surface area contributed by atoms with Gasteiger partial charge in [-0.1, -0.05) is 17.7 Å². The van der Waals surface area contributed by atoms with Crippen LogP contribution in [0.4, 0.5) is 10.8 Å². The molecule has 1 aliphatic heterocycles. The molecule has 1 aromatic carbocycles. The first-order chi connectivity index (χ1) is 11.9. The molecule has 1 aromatic heterocycles. The number of nitrogens with one attached hydrogen (secondary N) is 1. The number of ether oxygens (including phenoxy) is 1. The van der Waals surface area contributed by atoms with E-state index in [2.05, 4.69) is 10.3 Å². The molecule has 1 atom stereocenters. The number of benzene rings is 1. The van der Waals surface area contributed by atoms with E-state index in [9.17, 15) is 13.2 Å². The number of carbonyl (C=O) groups is 1. The van der Waals surface area contributed by atoms with E-state index >= 15 is 0 Å². The summed E-state index contributed by atoms with van der Waals surface area (Å²) in [4.78, 5) is 16.2. The van der Waals surface area contributed by atoms with Gasteiger partial charge in [0, 0.05) is 17.5 Å². The lowest BCUT2D eigenvalue weighted by atomic mass is 10.1. The summed E-state index contributed by atoms with van der Waals surface area (Å²) >= 11 is 1.44. The van der Waals surface area contributed by atoms with Crippen LogP contribution in [0.5, 0.6) is 0 Å². The first kappa shape index (κ1) is 17.9. The van der Waals surface area contributed by atoms with Crippen molar-refractivity contribution < 1.29 is 17.9 Å². The summed E-state index contributed by atoms with van der Waals surface area (Å²) in [7, 11) is -2.96. The topological polar surface area (TPSA) is 85.4 Å². The number of rotatable bonds is 6.